The number of piperazine rings is 1. The quantitative estimate of drug-likeness (QED) is 0.779. The molecule has 0 spiro atoms. The highest BCUT2D eigenvalue weighted by molar-refractivity contribution is 7.89. The normalized spacial score (nSPS) is 16.3. The summed E-state index contributed by atoms with van der Waals surface area (Å²) in [6, 6.07) is 3.43. The molecule has 1 aromatic carbocycles. The second kappa shape index (κ2) is 8.06. The third kappa shape index (κ3) is 5.13. The highest BCUT2D eigenvalue weighted by atomic mass is 32.2. The van der Waals surface area contributed by atoms with Crippen molar-refractivity contribution < 1.29 is 22.7 Å². The van der Waals surface area contributed by atoms with Gasteiger partial charge in [-0.2, -0.15) is 4.31 Å². The molecule has 7 nitrogen and oxygen atoms in total. The Morgan fingerprint density at radius 1 is 1.07 bits per heavy atom. The summed E-state index contributed by atoms with van der Waals surface area (Å²) in [5.41, 5.74) is 0.865. The van der Waals surface area contributed by atoms with Crippen molar-refractivity contribution >= 4 is 16.1 Å². The second-order valence-corrected chi connectivity index (χ2v) is 9.59. The summed E-state index contributed by atoms with van der Waals surface area (Å²) in [5.74, 6) is 0.698. The van der Waals surface area contributed by atoms with E-state index in [0.717, 1.165) is 5.56 Å². The zero-order valence-electron chi connectivity index (χ0n) is 17.0. The molecule has 152 valence electrons. The lowest BCUT2D eigenvalue weighted by molar-refractivity contribution is 0.0192. The Labute approximate surface area is 162 Å². The predicted molar refractivity (Wildman–Crippen MR) is 104 cm³/mol. The fourth-order valence-corrected chi connectivity index (χ4v) is 4.64. The maximum Gasteiger partial charge on any atom is 0.410 e. The topological polar surface area (TPSA) is 76.2 Å². The summed E-state index contributed by atoms with van der Waals surface area (Å²) in [6.45, 7) is 12.6. The average Bonchev–Trinajstić information content (AvgIpc) is 2.56. The van der Waals surface area contributed by atoms with Crippen LogP contribution in [0.4, 0.5) is 4.79 Å². The van der Waals surface area contributed by atoms with Gasteiger partial charge in [-0.25, -0.2) is 13.2 Å². The van der Waals surface area contributed by atoms with Gasteiger partial charge in [-0.1, -0.05) is 0 Å². The monoisotopic (exact) mass is 398 g/mol. The van der Waals surface area contributed by atoms with E-state index < -0.39 is 21.7 Å². The minimum Gasteiger partial charge on any atom is -0.494 e. The van der Waals surface area contributed by atoms with Crippen molar-refractivity contribution in [2.24, 2.45) is 0 Å². The van der Waals surface area contributed by atoms with Crippen LogP contribution in [-0.2, 0) is 14.8 Å². The smallest absolute Gasteiger partial charge is 0.410 e. The lowest BCUT2D eigenvalue weighted by Gasteiger charge is -2.35. The molecule has 0 bridgehead atoms. The lowest BCUT2D eigenvalue weighted by Crippen LogP contribution is -2.51. The number of hydrogen-bond acceptors (Lipinski definition) is 5. The minimum atomic E-state index is -3.63. The van der Waals surface area contributed by atoms with E-state index in [-0.39, 0.29) is 18.0 Å². The van der Waals surface area contributed by atoms with Crippen LogP contribution in [0.2, 0.25) is 0 Å². The van der Waals surface area contributed by atoms with Gasteiger partial charge in [0.2, 0.25) is 10.0 Å². The van der Waals surface area contributed by atoms with Gasteiger partial charge in [0, 0.05) is 26.2 Å². The molecule has 1 heterocycles. The number of nitrogens with zero attached hydrogens (tertiary/aromatic N) is 2. The number of hydrogen-bond donors (Lipinski definition) is 0. The summed E-state index contributed by atoms with van der Waals surface area (Å²) in [6.07, 6.45) is -0.410. The standard InChI is InChI=1S/C19H30N2O5S/c1-7-25-16-12-15(3)17(13-14(16)2)27(23,24)21-10-8-20(9-11-21)18(22)26-19(4,5)6/h12-13H,7-11H2,1-6H3. The molecule has 2 rings (SSSR count). The largest absolute Gasteiger partial charge is 0.494 e. The maximum atomic E-state index is 13.1. The van der Waals surface area contributed by atoms with Crippen LogP contribution in [0.25, 0.3) is 0 Å². The maximum absolute atomic E-state index is 13.1. The van der Waals surface area contributed by atoms with Crippen molar-refractivity contribution in [1.29, 1.82) is 0 Å². The number of amides is 1. The Kier molecular flexibility index (Phi) is 6.42. The molecular weight excluding hydrogens is 368 g/mol. The molecule has 1 amide bonds. The first-order chi connectivity index (χ1) is 12.5. The van der Waals surface area contributed by atoms with Gasteiger partial charge in [0.15, 0.2) is 0 Å². The number of aryl methyl sites for hydroxylation is 2. The Morgan fingerprint density at radius 3 is 2.19 bits per heavy atom. The van der Waals surface area contributed by atoms with Crippen LogP contribution < -0.4 is 4.74 Å². The van der Waals surface area contributed by atoms with Crippen LogP contribution in [0.5, 0.6) is 5.75 Å². The van der Waals surface area contributed by atoms with Crippen LogP contribution in [0.15, 0.2) is 17.0 Å². The molecule has 0 N–H and O–H groups in total. The fourth-order valence-electron chi connectivity index (χ4n) is 2.93. The zero-order valence-corrected chi connectivity index (χ0v) is 17.9. The Bertz CT molecular complexity index is 791. The SMILES string of the molecule is CCOc1cc(C)c(S(=O)(=O)N2CCN(C(=O)OC(C)(C)C)CC2)cc1C. The van der Waals surface area contributed by atoms with E-state index in [9.17, 15) is 13.2 Å². The molecule has 0 aromatic heterocycles. The molecule has 1 aliphatic rings. The van der Waals surface area contributed by atoms with Crippen LogP contribution in [-0.4, -0.2) is 62.1 Å². The fraction of sp³-hybridized carbons (Fsp3) is 0.632. The molecule has 1 aliphatic heterocycles. The van der Waals surface area contributed by atoms with Crippen molar-refractivity contribution in [1.82, 2.24) is 9.21 Å². The third-order valence-corrected chi connectivity index (χ3v) is 6.32. The molecule has 0 aliphatic carbocycles. The average molecular weight is 399 g/mol. The van der Waals surface area contributed by atoms with E-state index in [1.54, 1.807) is 24.0 Å². The van der Waals surface area contributed by atoms with Gasteiger partial charge < -0.3 is 14.4 Å². The summed E-state index contributed by atoms with van der Waals surface area (Å²) >= 11 is 0. The molecule has 27 heavy (non-hydrogen) atoms. The first-order valence-electron chi connectivity index (χ1n) is 9.18. The van der Waals surface area contributed by atoms with E-state index in [4.69, 9.17) is 9.47 Å². The summed E-state index contributed by atoms with van der Waals surface area (Å²) < 4.78 is 38.5. The molecule has 0 unspecified atom stereocenters. The first-order valence-corrected chi connectivity index (χ1v) is 10.6. The Hall–Kier alpha value is -1.80. The predicted octanol–water partition coefficient (Wildman–Crippen LogP) is 2.94. The van der Waals surface area contributed by atoms with Gasteiger partial charge in [0.05, 0.1) is 11.5 Å². The van der Waals surface area contributed by atoms with Gasteiger partial charge in [0.1, 0.15) is 11.4 Å². The highest BCUT2D eigenvalue weighted by Gasteiger charge is 2.33. The molecule has 8 heteroatoms. The Balaban J connectivity index is 2.13. The Morgan fingerprint density at radius 2 is 1.67 bits per heavy atom. The summed E-state index contributed by atoms with van der Waals surface area (Å²) in [4.78, 5) is 14.0. The molecule has 1 saturated heterocycles. The number of rotatable bonds is 4. The van der Waals surface area contributed by atoms with Gasteiger partial charge in [0.25, 0.3) is 0 Å². The molecule has 1 fully saturated rings. The van der Waals surface area contributed by atoms with E-state index in [1.165, 1.54) is 4.31 Å². The minimum absolute atomic E-state index is 0.243. The number of carbonyl (C=O) groups is 1. The molecule has 0 saturated carbocycles. The first kappa shape index (κ1) is 21.5. The second-order valence-electron chi connectivity index (χ2n) is 7.69. The molecule has 1 aromatic rings. The van der Waals surface area contributed by atoms with Crippen LogP contribution in [0.1, 0.15) is 38.8 Å². The van der Waals surface area contributed by atoms with Gasteiger partial charge in [-0.15, -0.1) is 0 Å². The van der Waals surface area contributed by atoms with Crippen molar-refractivity contribution in [2.45, 2.75) is 52.0 Å². The van der Waals surface area contributed by atoms with Crippen molar-refractivity contribution in [2.75, 3.05) is 32.8 Å². The number of ether oxygens (including phenoxy) is 2. The van der Waals surface area contributed by atoms with Crippen molar-refractivity contribution in [3.63, 3.8) is 0 Å². The third-order valence-electron chi connectivity index (χ3n) is 4.28. The van der Waals surface area contributed by atoms with E-state index in [1.807, 2.05) is 34.6 Å². The van der Waals surface area contributed by atoms with Gasteiger partial charge >= 0.3 is 6.09 Å². The van der Waals surface area contributed by atoms with Crippen molar-refractivity contribution in [3.05, 3.63) is 23.3 Å². The lowest BCUT2D eigenvalue weighted by atomic mass is 10.1. The van der Waals surface area contributed by atoms with Crippen molar-refractivity contribution in [3.8, 4) is 5.75 Å². The number of benzene rings is 1. The van der Waals surface area contributed by atoms with Crippen LogP contribution in [0, 0.1) is 13.8 Å². The van der Waals surface area contributed by atoms with E-state index in [2.05, 4.69) is 0 Å². The van der Waals surface area contributed by atoms with Gasteiger partial charge in [-0.3, -0.25) is 0 Å². The highest BCUT2D eigenvalue weighted by Crippen LogP contribution is 2.28. The number of carbonyl (C=O) groups excluding carboxylic acids is 1. The van der Waals surface area contributed by atoms with Crippen LogP contribution in [0.3, 0.4) is 0 Å². The van der Waals surface area contributed by atoms with E-state index >= 15 is 0 Å². The number of sulfonamides is 1. The summed E-state index contributed by atoms with van der Waals surface area (Å²) in [7, 11) is -3.63. The zero-order chi connectivity index (χ0) is 20.4. The molecule has 0 atom stereocenters. The molecular formula is C19H30N2O5S. The van der Waals surface area contributed by atoms with E-state index in [0.29, 0.717) is 31.0 Å². The summed E-state index contributed by atoms with van der Waals surface area (Å²) in [5, 5.41) is 0. The van der Waals surface area contributed by atoms with Crippen LogP contribution >= 0.6 is 0 Å². The molecule has 0 radical (unpaired) electrons. The van der Waals surface area contributed by atoms with Gasteiger partial charge in [-0.05, 0) is 64.8 Å².